The Morgan fingerprint density at radius 1 is 1.24 bits per heavy atom. The summed E-state index contributed by atoms with van der Waals surface area (Å²) in [7, 11) is 0. The van der Waals surface area contributed by atoms with Gasteiger partial charge in [0.15, 0.2) is 5.82 Å². The number of carbonyl (C=O) groups excluding carboxylic acids is 1. The smallest absolute Gasteiger partial charge is 0.361 e. The van der Waals surface area contributed by atoms with Crippen molar-refractivity contribution in [2.45, 2.75) is 85.1 Å². The Hall–Kier alpha value is -1.87. The van der Waals surface area contributed by atoms with E-state index in [2.05, 4.69) is 34.8 Å². The number of carbonyl (C=O) groups is 1. The molecule has 0 spiro atoms. The number of alkyl halides is 3. The average Bonchev–Trinajstić information content (AvgIpc) is 3.02. The van der Waals surface area contributed by atoms with E-state index in [0.29, 0.717) is 34.3 Å². The lowest BCUT2D eigenvalue weighted by Crippen LogP contribution is -2.47. The van der Waals surface area contributed by atoms with Crippen LogP contribution in [0.4, 0.5) is 23.2 Å². The van der Waals surface area contributed by atoms with Crippen molar-refractivity contribution in [1.29, 1.82) is 0 Å². The molecule has 2 aromatic rings. The molecule has 2 heterocycles. The van der Waals surface area contributed by atoms with Crippen LogP contribution in [0.3, 0.4) is 0 Å². The first-order valence-electron chi connectivity index (χ1n) is 12.7. The van der Waals surface area contributed by atoms with Crippen LogP contribution in [0.1, 0.15) is 71.1 Å². The monoisotopic (exact) mass is 607 g/mol. The molecule has 1 aliphatic rings. The Bertz CT molecular complexity index is 1040. The number of hydrogen-bond donors (Lipinski definition) is 0. The van der Waals surface area contributed by atoms with Gasteiger partial charge in [-0.2, -0.15) is 13.2 Å². The van der Waals surface area contributed by atoms with E-state index >= 15 is 0 Å². The van der Waals surface area contributed by atoms with E-state index in [-0.39, 0.29) is 24.1 Å². The maximum Gasteiger partial charge on any atom is 0.471 e. The molecule has 0 bridgehead atoms. The number of anilines is 1. The van der Waals surface area contributed by atoms with E-state index in [4.69, 9.17) is 11.6 Å². The van der Waals surface area contributed by atoms with Gasteiger partial charge in [0.2, 0.25) is 0 Å². The van der Waals surface area contributed by atoms with E-state index in [1.807, 2.05) is 18.7 Å². The summed E-state index contributed by atoms with van der Waals surface area (Å²) in [4.78, 5) is 19.4. The van der Waals surface area contributed by atoms with Crippen molar-refractivity contribution in [3.63, 3.8) is 0 Å². The quantitative estimate of drug-likeness (QED) is 0.282. The topological polar surface area (TPSA) is 36.4 Å². The normalized spacial score (nSPS) is 16.4. The van der Waals surface area contributed by atoms with Crippen LogP contribution in [0, 0.1) is 11.7 Å². The third-order valence-electron chi connectivity index (χ3n) is 6.53. The largest absolute Gasteiger partial charge is 0.471 e. The zero-order valence-corrected chi connectivity index (χ0v) is 24.1. The highest BCUT2D eigenvalue weighted by Gasteiger charge is 2.44. The molecule has 2 atom stereocenters. The molecular weight excluding hydrogens is 574 g/mol. The molecule has 0 saturated heterocycles. The molecular formula is C27H35BrClF4N3O. The van der Waals surface area contributed by atoms with Gasteiger partial charge in [-0.1, -0.05) is 64.6 Å². The molecule has 1 aromatic carbocycles. The zero-order valence-electron chi connectivity index (χ0n) is 21.7. The highest BCUT2D eigenvalue weighted by Crippen LogP contribution is 2.37. The molecule has 0 N–H and O–H groups in total. The molecule has 1 amide bonds. The van der Waals surface area contributed by atoms with E-state index in [1.54, 1.807) is 24.3 Å². The molecule has 4 nitrogen and oxygen atoms in total. The number of fused-ring (bicyclic) bond motifs is 1. The van der Waals surface area contributed by atoms with Crippen LogP contribution >= 0.6 is 27.5 Å². The second-order valence-electron chi connectivity index (χ2n) is 8.93. The maximum absolute atomic E-state index is 13.8. The van der Waals surface area contributed by atoms with Crippen LogP contribution < -0.4 is 4.90 Å². The molecule has 3 rings (SSSR count). The van der Waals surface area contributed by atoms with Gasteiger partial charge in [-0.3, -0.25) is 9.78 Å². The van der Waals surface area contributed by atoms with Crippen molar-refractivity contribution in [1.82, 2.24) is 9.88 Å². The molecule has 0 radical (unpaired) electrons. The number of pyridine rings is 1. The summed E-state index contributed by atoms with van der Waals surface area (Å²) in [5.74, 6) is -1.94. The van der Waals surface area contributed by atoms with Gasteiger partial charge in [0, 0.05) is 35.4 Å². The van der Waals surface area contributed by atoms with Crippen LogP contribution in [0.2, 0.25) is 5.02 Å². The van der Waals surface area contributed by atoms with E-state index in [0.717, 1.165) is 36.8 Å². The van der Waals surface area contributed by atoms with E-state index < -0.39 is 23.9 Å². The molecule has 1 aromatic heterocycles. The second kappa shape index (κ2) is 14.3. The molecule has 0 fully saturated rings. The number of benzene rings is 1. The number of hydrogen-bond acceptors (Lipinski definition) is 3. The Kier molecular flexibility index (Phi) is 12.1. The summed E-state index contributed by atoms with van der Waals surface area (Å²) in [6, 6.07) is 6.31. The molecule has 0 aliphatic carbocycles. The minimum Gasteiger partial charge on any atom is -0.361 e. The third-order valence-corrected chi connectivity index (χ3v) is 7.50. The first-order chi connectivity index (χ1) is 17.5. The molecule has 37 heavy (non-hydrogen) atoms. The number of nitrogens with zero attached hydrogens (tertiary/aromatic N) is 3. The summed E-state index contributed by atoms with van der Waals surface area (Å²) < 4.78 is 54.5. The van der Waals surface area contributed by atoms with Gasteiger partial charge in [0.25, 0.3) is 0 Å². The number of amides is 1. The van der Waals surface area contributed by atoms with Crippen molar-refractivity contribution >= 4 is 39.1 Å². The summed E-state index contributed by atoms with van der Waals surface area (Å²) in [6.45, 7) is 8.11. The standard InChI is InChI=1S/C25H29BrClF4N3O.C2H6/c1-3-6-16(4-2)9-10-18-14-33(24(35)25(29,30)31)15-19-21(27)7-5-8-23(19)34(18)13-17-11-20(26)22(28)12-32-17;1-2/h5,7-8,11-12,16,18H,3-4,6,9-10,13-15H2,1-2H3;1-2H3. The predicted molar refractivity (Wildman–Crippen MR) is 144 cm³/mol. The Labute approximate surface area is 230 Å². The van der Waals surface area contributed by atoms with Crippen molar-refractivity contribution in [2.75, 3.05) is 11.4 Å². The van der Waals surface area contributed by atoms with Gasteiger partial charge >= 0.3 is 12.1 Å². The fourth-order valence-corrected chi connectivity index (χ4v) is 5.27. The summed E-state index contributed by atoms with van der Waals surface area (Å²) in [5.41, 5.74) is 1.66. The lowest BCUT2D eigenvalue weighted by atomic mass is 9.92. The minimum atomic E-state index is -4.99. The van der Waals surface area contributed by atoms with Crippen LogP contribution in [-0.2, 0) is 17.9 Å². The minimum absolute atomic E-state index is 0.103. The van der Waals surface area contributed by atoms with Gasteiger partial charge in [0.1, 0.15) is 0 Å². The van der Waals surface area contributed by atoms with Gasteiger partial charge in [-0.05, 0) is 52.9 Å². The highest BCUT2D eigenvalue weighted by molar-refractivity contribution is 9.10. The van der Waals surface area contributed by atoms with Crippen LogP contribution in [0.15, 0.2) is 34.9 Å². The summed E-state index contributed by atoms with van der Waals surface area (Å²) in [5, 5.41) is 0.291. The van der Waals surface area contributed by atoms with Crippen LogP contribution in [0.5, 0.6) is 0 Å². The maximum atomic E-state index is 13.8. The van der Waals surface area contributed by atoms with Crippen molar-refractivity contribution in [3.05, 3.63) is 57.0 Å². The zero-order chi connectivity index (χ0) is 27.8. The third kappa shape index (κ3) is 8.31. The molecule has 1 aliphatic heterocycles. The number of aromatic nitrogens is 1. The summed E-state index contributed by atoms with van der Waals surface area (Å²) >= 11 is 9.61. The second-order valence-corrected chi connectivity index (χ2v) is 10.2. The fraction of sp³-hybridized carbons (Fsp3) is 0.556. The SMILES string of the molecule is CC.CCCC(CC)CCC1CN(C(=O)C(F)(F)F)Cc2c(Cl)cccc2N1Cc1cc(Br)c(F)cn1. The Balaban J connectivity index is 0.00000235. The van der Waals surface area contributed by atoms with Gasteiger partial charge in [0.05, 0.1) is 22.9 Å². The number of rotatable bonds is 8. The van der Waals surface area contributed by atoms with Crippen LogP contribution in [0.25, 0.3) is 0 Å². The first-order valence-corrected chi connectivity index (χ1v) is 13.9. The van der Waals surface area contributed by atoms with Gasteiger partial charge < -0.3 is 9.80 Å². The van der Waals surface area contributed by atoms with Crippen molar-refractivity contribution < 1.29 is 22.4 Å². The van der Waals surface area contributed by atoms with E-state index in [1.165, 1.54) is 0 Å². The lowest BCUT2D eigenvalue weighted by molar-refractivity contribution is -0.186. The molecule has 206 valence electrons. The first kappa shape index (κ1) is 31.3. The molecule has 10 heteroatoms. The number of halogens is 6. The average molecular weight is 609 g/mol. The lowest BCUT2D eigenvalue weighted by Gasteiger charge is -2.35. The van der Waals surface area contributed by atoms with Crippen molar-refractivity contribution in [2.24, 2.45) is 5.92 Å². The van der Waals surface area contributed by atoms with Gasteiger partial charge in [-0.15, -0.1) is 0 Å². The van der Waals surface area contributed by atoms with E-state index in [9.17, 15) is 22.4 Å². The Morgan fingerprint density at radius 3 is 2.54 bits per heavy atom. The molecule has 0 saturated carbocycles. The highest BCUT2D eigenvalue weighted by atomic mass is 79.9. The molecule has 2 unspecified atom stereocenters. The van der Waals surface area contributed by atoms with Crippen molar-refractivity contribution in [3.8, 4) is 0 Å². The summed E-state index contributed by atoms with van der Waals surface area (Å²) in [6.07, 6.45) is 0.559. The fourth-order valence-electron chi connectivity index (χ4n) is 4.68. The predicted octanol–water partition coefficient (Wildman–Crippen LogP) is 8.55. The van der Waals surface area contributed by atoms with Gasteiger partial charge in [-0.25, -0.2) is 4.39 Å². The van der Waals surface area contributed by atoms with Crippen LogP contribution in [-0.4, -0.2) is 34.6 Å². The Morgan fingerprint density at radius 2 is 1.95 bits per heavy atom.